The molecule has 0 fully saturated rings. The molecule has 0 spiro atoms. The van der Waals surface area contributed by atoms with Crippen LogP contribution in [0.4, 0.5) is 5.69 Å². The minimum absolute atomic E-state index is 0.0336. The van der Waals surface area contributed by atoms with Crippen molar-refractivity contribution in [2.24, 2.45) is 0 Å². The zero-order valence-corrected chi connectivity index (χ0v) is 25.9. The molecule has 0 heterocycles. The summed E-state index contributed by atoms with van der Waals surface area (Å²) in [4.78, 5) is 28.3. The van der Waals surface area contributed by atoms with Crippen molar-refractivity contribution in [1.82, 2.24) is 10.2 Å². The minimum atomic E-state index is -4.25. The van der Waals surface area contributed by atoms with E-state index in [1.165, 1.54) is 41.3 Å². The summed E-state index contributed by atoms with van der Waals surface area (Å²) in [5, 5.41) is 3.97. The lowest BCUT2D eigenvalue weighted by atomic mass is 10.1. The lowest BCUT2D eigenvalue weighted by Gasteiger charge is -2.32. The monoisotopic (exact) mass is 643 g/mol. The minimum Gasteiger partial charge on any atom is -0.352 e. The standard InChI is InChI=1S/C28H29Cl4N3O4S/c1-4-18(2)33-28(37)19(3)34(16-20-10-11-21(29)15-26(20)32)27(36)17-35(24-13-22(30)12-23(31)14-24)40(38,39)25-8-6-5-7-9-25/h5-15,18-19H,4,16-17H2,1-3H3,(H,33,37). The molecule has 40 heavy (non-hydrogen) atoms. The molecule has 0 aromatic heterocycles. The van der Waals surface area contributed by atoms with Crippen LogP contribution >= 0.6 is 46.4 Å². The van der Waals surface area contributed by atoms with Crippen LogP contribution in [-0.4, -0.2) is 43.8 Å². The normalized spacial score (nSPS) is 12.9. The van der Waals surface area contributed by atoms with Gasteiger partial charge in [0.05, 0.1) is 10.6 Å². The van der Waals surface area contributed by atoms with E-state index in [-0.39, 0.29) is 33.2 Å². The fourth-order valence-corrected chi connectivity index (χ4v) is 6.21. The van der Waals surface area contributed by atoms with Crippen molar-refractivity contribution in [3.8, 4) is 0 Å². The second-order valence-corrected chi connectivity index (χ2v) is 12.8. The van der Waals surface area contributed by atoms with E-state index in [1.54, 1.807) is 37.3 Å². The van der Waals surface area contributed by atoms with E-state index in [9.17, 15) is 18.0 Å². The molecule has 1 N–H and O–H groups in total. The van der Waals surface area contributed by atoms with E-state index in [2.05, 4.69) is 5.32 Å². The van der Waals surface area contributed by atoms with Gasteiger partial charge in [0.25, 0.3) is 10.0 Å². The molecule has 7 nitrogen and oxygen atoms in total. The Bertz CT molecular complexity index is 1450. The van der Waals surface area contributed by atoms with Gasteiger partial charge in [-0.05, 0) is 68.3 Å². The zero-order chi connectivity index (χ0) is 29.6. The lowest BCUT2D eigenvalue weighted by molar-refractivity contribution is -0.139. The Hall–Kier alpha value is -2.49. The Morgan fingerprint density at radius 1 is 0.875 bits per heavy atom. The molecule has 0 saturated heterocycles. The summed E-state index contributed by atoms with van der Waals surface area (Å²) in [5.74, 6) is -1.04. The first kappa shape index (κ1) is 32.0. The Morgan fingerprint density at radius 3 is 2.08 bits per heavy atom. The summed E-state index contributed by atoms with van der Waals surface area (Å²) in [7, 11) is -4.25. The summed E-state index contributed by atoms with van der Waals surface area (Å²) in [6, 6.07) is 15.7. The van der Waals surface area contributed by atoms with Gasteiger partial charge in [-0.15, -0.1) is 0 Å². The first-order valence-electron chi connectivity index (χ1n) is 12.4. The smallest absolute Gasteiger partial charge is 0.264 e. The Labute approximate surface area is 255 Å². The molecule has 0 aliphatic heterocycles. The van der Waals surface area contributed by atoms with Crippen molar-refractivity contribution in [2.75, 3.05) is 10.8 Å². The number of hydrogen-bond acceptors (Lipinski definition) is 4. The molecular weight excluding hydrogens is 616 g/mol. The van der Waals surface area contributed by atoms with E-state index in [4.69, 9.17) is 46.4 Å². The van der Waals surface area contributed by atoms with Crippen molar-refractivity contribution in [3.05, 3.63) is 92.4 Å². The van der Waals surface area contributed by atoms with Gasteiger partial charge in [0.2, 0.25) is 11.8 Å². The molecular formula is C28H29Cl4N3O4S. The molecule has 0 saturated carbocycles. The van der Waals surface area contributed by atoms with E-state index in [0.717, 1.165) is 4.31 Å². The first-order valence-corrected chi connectivity index (χ1v) is 15.4. The number of sulfonamides is 1. The average molecular weight is 645 g/mol. The van der Waals surface area contributed by atoms with Crippen LogP contribution in [-0.2, 0) is 26.2 Å². The van der Waals surface area contributed by atoms with Crippen molar-refractivity contribution in [3.63, 3.8) is 0 Å². The zero-order valence-electron chi connectivity index (χ0n) is 22.1. The molecule has 3 rings (SSSR count). The van der Waals surface area contributed by atoms with Crippen LogP contribution in [0, 0.1) is 0 Å². The molecule has 214 valence electrons. The molecule has 2 amide bonds. The second-order valence-electron chi connectivity index (χ2n) is 9.20. The highest BCUT2D eigenvalue weighted by Crippen LogP contribution is 2.30. The number of carbonyl (C=O) groups is 2. The Kier molecular flexibility index (Phi) is 11.1. The molecule has 2 atom stereocenters. The fraction of sp³-hybridized carbons (Fsp3) is 0.286. The van der Waals surface area contributed by atoms with Gasteiger partial charge < -0.3 is 10.2 Å². The number of nitrogens with zero attached hydrogens (tertiary/aromatic N) is 2. The van der Waals surface area contributed by atoms with Crippen LogP contribution < -0.4 is 9.62 Å². The average Bonchev–Trinajstić information content (AvgIpc) is 2.90. The van der Waals surface area contributed by atoms with Gasteiger partial charge in [-0.1, -0.05) is 77.6 Å². The van der Waals surface area contributed by atoms with Gasteiger partial charge in [-0.2, -0.15) is 0 Å². The number of benzene rings is 3. The topological polar surface area (TPSA) is 86.8 Å². The SMILES string of the molecule is CCC(C)NC(=O)C(C)N(Cc1ccc(Cl)cc1Cl)C(=O)CN(c1cc(Cl)cc(Cl)c1)S(=O)(=O)c1ccccc1. The fourth-order valence-electron chi connectivity index (χ4n) is 3.81. The third-order valence-corrected chi connectivity index (χ3v) is 9.08. The van der Waals surface area contributed by atoms with Crippen molar-refractivity contribution in [2.45, 2.75) is 50.7 Å². The Balaban J connectivity index is 2.07. The quantitative estimate of drug-likeness (QED) is 0.248. The van der Waals surface area contributed by atoms with Gasteiger partial charge in [0, 0.05) is 32.7 Å². The number of halogens is 4. The van der Waals surface area contributed by atoms with Crippen LogP contribution in [0.3, 0.4) is 0 Å². The van der Waals surface area contributed by atoms with Gasteiger partial charge in [-0.3, -0.25) is 13.9 Å². The third-order valence-electron chi connectivity index (χ3n) is 6.27. The maximum atomic E-state index is 14.0. The van der Waals surface area contributed by atoms with Gasteiger partial charge >= 0.3 is 0 Å². The van der Waals surface area contributed by atoms with E-state index in [0.29, 0.717) is 22.0 Å². The highest BCUT2D eigenvalue weighted by molar-refractivity contribution is 7.92. The molecule has 3 aromatic rings. The summed E-state index contributed by atoms with van der Waals surface area (Å²) >= 11 is 24.9. The van der Waals surface area contributed by atoms with Crippen LogP contribution in [0.2, 0.25) is 20.1 Å². The van der Waals surface area contributed by atoms with Crippen LogP contribution in [0.1, 0.15) is 32.8 Å². The summed E-state index contributed by atoms with van der Waals surface area (Å²) < 4.78 is 28.5. The second kappa shape index (κ2) is 13.9. The maximum absolute atomic E-state index is 14.0. The molecule has 0 radical (unpaired) electrons. The Morgan fingerprint density at radius 2 is 1.50 bits per heavy atom. The lowest BCUT2D eigenvalue weighted by Crippen LogP contribution is -2.52. The highest BCUT2D eigenvalue weighted by atomic mass is 35.5. The summed E-state index contributed by atoms with van der Waals surface area (Å²) in [6.45, 7) is 4.64. The number of nitrogens with one attached hydrogen (secondary N) is 1. The number of anilines is 1. The summed E-state index contributed by atoms with van der Waals surface area (Å²) in [6.07, 6.45) is 0.689. The molecule has 12 heteroatoms. The van der Waals surface area contributed by atoms with Crippen LogP contribution in [0.15, 0.2) is 71.6 Å². The van der Waals surface area contributed by atoms with Crippen LogP contribution in [0.5, 0.6) is 0 Å². The number of carbonyl (C=O) groups excluding carboxylic acids is 2. The van der Waals surface area contributed by atoms with E-state index >= 15 is 0 Å². The molecule has 0 aliphatic carbocycles. The number of amides is 2. The van der Waals surface area contributed by atoms with Gasteiger partial charge in [0.1, 0.15) is 12.6 Å². The summed E-state index contributed by atoms with van der Waals surface area (Å²) in [5.41, 5.74) is 0.627. The van der Waals surface area contributed by atoms with Crippen molar-refractivity contribution < 1.29 is 18.0 Å². The maximum Gasteiger partial charge on any atom is 0.264 e. The van der Waals surface area contributed by atoms with Crippen molar-refractivity contribution >= 4 is 73.9 Å². The molecule has 3 aromatic carbocycles. The van der Waals surface area contributed by atoms with E-state index < -0.39 is 34.4 Å². The third kappa shape index (κ3) is 8.04. The number of hydrogen-bond donors (Lipinski definition) is 1. The molecule has 2 unspecified atom stereocenters. The van der Waals surface area contributed by atoms with Gasteiger partial charge in [0.15, 0.2) is 0 Å². The number of rotatable bonds is 11. The highest BCUT2D eigenvalue weighted by Gasteiger charge is 2.33. The predicted molar refractivity (Wildman–Crippen MR) is 162 cm³/mol. The largest absolute Gasteiger partial charge is 0.352 e. The molecule has 0 aliphatic rings. The molecule has 0 bridgehead atoms. The van der Waals surface area contributed by atoms with E-state index in [1.807, 2.05) is 13.8 Å². The first-order chi connectivity index (χ1) is 18.8. The predicted octanol–water partition coefficient (Wildman–Crippen LogP) is 6.83. The van der Waals surface area contributed by atoms with Crippen molar-refractivity contribution in [1.29, 1.82) is 0 Å². The van der Waals surface area contributed by atoms with Crippen LogP contribution in [0.25, 0.3) is 0 Å². The van der Waals surface area contributed by atoms with Gasteiger partial charge in [-0.25, -0.2) is 8.42 Å².